The van der Waals surface area contributed by atoms with E-state index in [2.05, 4.69) is 37.5 Å². The van der Waals surface area contributed by atoms with Crippen molar-refractivity contribution in [3.63, 3.8) is 0 Å². The van der Waals surface area contributed by atoms with Crippen molar-refractivity contribution in [3.8, 4) is 0 Å². The Kier molecular flexibility index (Phi) is 6.82. The number of quaternary nitrogens is 1. The highest BCUT2D eigenvalue weighted by Crippen LogP contribution is 2.18. The van der Waals surface area contributed by atoms with Gasteiger partial charge in [0.25, 0.3) is 0 Å². The molecule has 4 heteroatoms. The fourth-order valence-electron chi connectivity index (χ4n) is 2.64. The van der Waals surface area contributed by atoms with Gasteiger partial charge in [-0.25, -0.2) is 0 Å². The lowest BCUT2D eigenvalue weighted by atomic mass is 10.1. The third-order valence-corrected chi connectivity index (χ3v) is 4.49. The summed E-state index contributed by atoms with van der Waals surface area (Å²) in [6.07, 6.45) is 0. The first-order valence-corrected chi connectivity index (χ1v) is 7.72. The first-order valence-electron chi connectivity index (χ1n) is 7.72. The molecule has 0 heterocycles. The number of nitrogens with one attached hydrogen (secondary N) is 2. The van der Waals surface area contributed by atoms with E-state index in [0.717, 1.165) is 24.5 Å². The number of benzene rings is 1. The second-order valence-electron chi connectivity index (χ2n) is 5.36. The summed E-state index contributed by atoms with van der Waals surface area (Å²) in [5, 5.41) is 6.62. The SMILES string of the molecule is CC[N+](CC)(CC)CCNCc1ccc(NC)c(N)c1. The molecule has 0 aliphatic heterocycles. The van der Waals surface area contributed by atoms with Crippen LogP contribution in [0.3, 0.4) is 0 Å². The van der Waals surface area contributed by atoms with Gasteiger partial charge in [0, 0.05) is 20.1 Å². The van der Waals surface area contributed by atoms with Crippen LogP contribution in [0.4, 0.5) is 11.4 Å². The molecular weight excluding hydrogens is 248 g/mol. The van der Waals surface area contributed by atoms with E-state index in [9.17, 15) is 0 Å². The monoisotopic (exact) mass is 279 g/mol. The Balaban J connectivity index is 2.43. The summed E-state index contributed by atoms with van der Waals surface area (Å²) in [5.74, 6) is 0. The van der Waals surface area contributed by atoms with Gasteiger partial charge in [-0.2, -0.15) is 0 Å². The van der Waals surface area contributed by atoms with Crippen LogP contribution in [0.5, 0.6) is 0 Å². The highest BCUT2D eigenvalue weighted by atomic mass is 15.3. The molecule has 0 aliphatic carbocycles. The largest absolute Gasteiger partial charge is 0.397 e. The molecule has 0 saturated heterocycles. The fraction of sp³-hybridized carbons (Fsp3) is 0.625. The molecule has 0 spiro atoms. The molecule has 1 aromatic rings. The Hall–Kier alpha value is -1.26. The van der Waals surface area contributed by atoms with Crippen molar-refractivity contribution in [2.75, 3.05) is 50.8 Å². The van der Waals surface area contributed by atoms with E-state index in [4.69, 9.17) is 5.73 Å². The summed E-state index contributed by atoms with van der Waals surface area (Å²) in [6, 6.07) is 6.20. The lowest BCUT2D eigenvalue weighted by Crippen LogP contribution is -2.50. The third-order valence-electron chi connectivity index (χ3n) is 4.49. The van der Waals surface area contributed by atoms with E-state index in [-0.39, 0.29) is 0 Å². The number of anilines is 2. The Morgan fingerprint density at radius 1 is 1.10 bits per heavy atom. The van der Waals surface area contributed by atoms with Crippen molar-refractivity contribution in [1.82, 2.24) is 5.32 Å². The minimum absolute atomic E-state index is 0.813. The van der Waals surface area contributed by atoms with Gasteiger partial charge in [0.1, 0.15) is 0 Å². The van der Waals surface area contributed by atoms with Gasteiger partial charge in [0.15, 0.2) is 0 Å². The van der Waals surface area contributed by atoms with Crippen LogP contribution in [0.15, 0.2) is 18.2 Å². The normalized spacial score (nSPS) is 11.6. The summed E-state index contributed by atoms with van der Waals surface area (Å²) in [4.78, 5) is 0. The van der Waals surface area contributed by atoms with Crippen LogP contribution in [0.2, 0.25) is 0 Å². The molecule has 0 saturated carbocycles. The average Bonchev–Trinajstić information content (AvgIpc) is 2.48. The van der Waals surface area contributed by atoms with Crippen LogP contribution in [0, 0.1) is 0 Å². The van der Waals surface area contributed by atoms with Crippen molar-refractivity contribution >= 4 is 11.4 Å². The van der Waals surface area contributed by atoms with Gasteiger partial charge in [0.05, 0.1) is 37.6 Å². The van der Waals surface area contributed by atoms with Crippen molar-refractivity contribution in [1.29, 1.82) is 0 Å². The number of hydrogen-bond donors (Lipinski definition) is 3. The Bertz CT molecular complexity index is 391. The Labute approximate surface area is 123 Å². The van der Waals surface area contributed by atoms with E-state index in [0.29, 0.717) is 0 Å². The van der Waals surface area contributed by atoms with Gasteiger partial charge >= 0.3 is 0 Å². The summed E-state index contributed by atoms with van der Waals surface area (Å²) in [7, 11) is 1.89. The van der Waals surface area contributed by atoms with Crippen LogP contribution in [-0.4, -0.2) is 44.3 Å². The van der Waals surface area contributed by atoms with Gasteiger partial charge in [-0.1, -0.05) is 6.07 Å². The molecule has 4 N–H and O–H groups in total. The van der Waals surface area contributed by atoms with Crippen LogP contribution in [0.25, 0.3) is 0 Å². The number of rotatable bonds is 9. The van der Waals surface area contributed by atoms with Crippen LogP contribution < -0.4 is 16.4 Å². The lowest BCUT2D eigenvalue weighted by molar-refractivity contribution is -0.922. The second-order valence-corrected chi connectivity index (χ2v) is 5.36. The van der Waals surface area contributed by atoms with Crippen LogP contribution in [-0.2, 0) is 6.54 Å². The highest BCUT2D eigenvalue weighted by Gasteiger charge is 2.19. The van der Waals surface area contributed by atoms with Crippen molar-refractivity contribution in [3.05, 3.63) is 23.8 Å². The van der Waals surface area contributed by atoms with Crippen LogP contribution in [0.1, 0.15) is 26.3 Å². The summed E-state index contributed by atoms with van der Waals surface area (Å²) in [6.45, 7) is 13.6. The van der Waals surface area contributed by atoms with E-state index in [1.165, 1.54) is 36.2 Å². The van der Waals surface area contributed by atoms with E-state index < -0.39 is 0 Å². The van der Waals surface area contributed by atoms with Crippen molar-refractivity contribution < 1.29 is 4.48 Å². The Morgan fingerprint density at radius 2 is 1.75 bits per heavy atom. The smallest absolute Gasteiger partial charge is 0.0913 e. The molecule has 4 nitrogen and oxygen atoms in total. The minimum atomic E-state index is 0.813. The molecular formula is C16H31N4+. The standard InChI is InChI=1S/C16H31N4/c1-5-20(6-2,7-3)11-10-19-13-14-8-9-16(18-4)15(17)12-14/h8-9,12,18-19H,5-7,10-11,13,17H2,1-4H3/q+1. The van der Waals surface area contributed by atoms with Gasteiger partial charge in [0.2, 0.25) is 0 Å². The topological polar surface area (TPSA) is 50.1 Å². The molecule has 1 aromatic carbocycles. The predicted octanol–water partition coefficient (Wildman–Crippen LogP) is 2.28. The zero-order valence-electron chi connectivity index (χ0n) is 13.5. The fourth-order valence-corrected chi connectivity index (χ4v) is 2.64. The zero-order chi connectivity index (χ0) is 15.0. The van der Waals surface area contributed by atoms with E-state index in [1.807, 2.05) is 19.2 Å². The highest BCUT2D eigenvalue weighted by molar-refractivity contribution is 5.66. The first kappa shape index (κ1) is 16.8. The molecule has 1 rings (SSSR count). The summed E-state index contributed by atoms with van der Waals surface area (Å²) >= 11 is 0. The number of nitrogens with two attached hydrogens (primary N) is 1. The second kappa shape index (κ2) is 8.12. The molecule has 0 atom stereocenters. The molecule has 114 valence electrons. The van der Waals surface area contributed by atoms with Crippen molar-refractivity contribution in [2.45, 2.75) is 27.3 Å². The molecule has 0 bridgehead atoms. The Morgan fingerprint density at radius 3 is 2.25 bits per heavy atom. The average molecular weight is 279 g/mol. The molecule has 0 aliphatic rings. The van der Waals surface area contributed by atoms with Gasteiger partial charge in [-0.3, -0.25) is 0 Å². The number of hydrogen-bond acceptors (Lipinski definition) is 3. The third kappa shape index (κ3) is 4.39. The summed E-state index contributed by atoms with van der Waals surface area (Å²) in [5.41, 5.74) is 9.02. The van der Waals surface area contributed by atoms with Gasteiger partial charge in [-0.05, 0) is 38.5 Å². The molecule has 0 unspecified atom stereocenters. The maximum atomic E-state index is 5.98. The molecule has 0 amide bonds. The molecule has 0 aromatic heterocycles. The maximum Gasteiger partial charge on any atom is 0.0913 e. The van der Waals surface area contributed by atoms with E-state index >= 15 is 0 Å². The first-order chi connectivity index (χ1) is 9.60. The van der Waals surface area contributed by atoms with Gasteiger partial charge < -0.3 is 20.9 Å². The van der Waals surface area contributed by atoms with Crippen LogP contribution >= 0.6 is 0 Å². The number of nitrogen functional groups attached to an aromatic ring is 1. The predicted molar refractivity (Wildman–Crippen MR) is 88.9 cm³/mol. The van der Waals surface area contributed by atoms with Gasteiger partial charge in [-0.15, -0.1) is 0 Å². The molecule has 0 fully saturated rings. The zero-order valence-corrected chi connectivity index (χ0v) is 13.5. The number of nitrogens with zero attached hydrogens (tertiary/aromatic N) is 1. The van der Waals surface area contributed by atoms with Crippen molar-refractivity contribution in [2.24, 2.45) is 0 Å². The van der Waals surface area contributed by atoms with E-state index in [1.54, 1.807) is 0 Å². The molecule has 0 radical (unpaired) electrons. The quantitative estimate of drug-likeness (QED) is 0.369. The summed E-state index contributed by atoms with van der Waals surface area (Å²) < 4.78 is 1.19. The number of likely N-dealkylation sites (N-methyl/N-ethyl adjacent to an activating group) is 1. The maximum absolute atomic E-state index is 5.98. The minimum Gasteiger partial charge on any atom is -0.397 e. The molecule has 20 heavy (non-hydrogen) atoms. The lowest BCUT2D eigenvalue weighted by Gasteiger charge is -2.35.